The Morgan fingerprint density at radius 3 is 3.05 bits per heavy atom. The first-order valence-corrected chi connectivity index (χ1v) is 7.28. The molecule has 4 nitrogen and oxygen atoms in total. The average molecular weight is 348 g/mol. The molecule has 1 saturated heterocycles. The van der Waals surface area contributed by atoms with Crippen molar-refractivity contribution < 1.29 is 9.53 Å². The molecule has 1 aliphatic rings. The van der Waals surface area contributed by atoms with Crippen molar-refractivity contribution in [3.05, 3.63) is 33.3 Å². The number of hydrogen-bond donors (Lipinski definition) is 1. The number of carbonyl (C=O) groups is 1. The topological polar surface area (TPSA) is 41.6 Å². The van der Waals surface area contributed by atoms with Crippen LogP contribution in [0, 0.1) is 0 Å². The Bertz CT molecular complexity index is 464. The Kier molecular flexibility index (Phi) is 5.21. The predicted octanol–water partition coefficient (Wildman–Crippen LogP) is 2.16. The van der Waals surface area contributed by atoms with Gasteiger partial charge in [0.1, 0.15) is 0 Å². The Morgan fingerprint density at radius 1 is 1.63 bits per heavy atom. The molecule has 0 radical (unpaired) electrons. The second-order valence-electron chi connectivity index (χ2n) is 4.51. The number of likely N-dealkylation sites (N-methyl/N-ethyl adjacent to an activating group) is 1. The molecular formula is C13H16BrClN2O2. The van der Waals surface area contributed by atoms with Crippen LogP contribution in [-0.4, -0.2) is 50.2 Å². The van der Waals surface area contributed by atoms with Crippen LogP contribution in [-0.2, 0) is 4.74 Å². The maximum absolute atomic E-state index is 12.3. The van der Waals surface area contributed by atoms with E-state index in [1.165, 1.54) is 0 Å². The molecule has 19 heavy (non-hydrogen) atoms. The highest BCUT2D eigenvalue weighted by molar-refractivity contribution is 9.10. The molecule has 2 rings (SSSR count). The van der Waals surface area contributed by atoms with Gasteiger partial charge < -0.3 is 15.0 Å². The molecule has 1 fully saturated rings. The minimum Gasteiger partial charge on any atom is -0.374 e. The zero-order valence-electron chi connectivity index (χ0n) is 10.7. The van der Waals surface area contributed by atoms with E-state index in [4.69, 9.17) is 16.3 Å². The molecule has 0 spiro atoms. The summed E-state index contributed by atoms with van der Waals surface area (Å²) in [6.07, 6.45) is 0.0498. The summed E-state index contributed by atoms with van der Waals surface area (Å²) >= 11 is 9.24. The average Bonchev–Trinajstić information content (AvgIpc) is 2.39. The second kappa shape index (κ2) is 6.70. The minimum atomic E-state index is -0.0438. The normalized spacial score (nSPS) is 19.2. The lowest BCUT2D eigenvalue weighted by Gasteiger charge is -2.28. The van der Waals surface area contributed by atoms with Crippen molar-refractivity contribution in [1.29, 1.82) is 0 Å². The fourth-order valence-electron chi connectivity index (χ4n) is 1.99. The van der Waals surface area contributed by atoms with E-state index < -0.39 is 0 Å². The van der Waals surface area contributed by atoms with Gasteiger partial charge in [0.15, 0.2) is 0 Å². The van der Waals surface area contributed by atoms with Gasteiger partial charge in [0.05, 0.1) is 18.3 Å². The van der Waals surface area contributed by atoms with Crippen molar-refractivity contribution in [1.82, 2.24) is 10.2 Å². The summed E-state index contributed by atoms with van der Waals surface area (Å²) in [7, 11) is 1.78. The van der Waals surface area contributed by atoms with Crippen molar-refractivity contribution in [2.45, 2.75) is 6.10 Å². The van der Waals surface area contributed by atoms with Crippen LogP contribution in [0.15, 0.2) is 22.7 Å². The standard InChI is InChI=1S/C13H16BrClN2O2/c1-17(8-10-7-16-4-5-19-10)13(18)11-3-2-9(15)6-12(11)14/h2-3,6,10,16H,4-5,7-8H2,1H3. The minimum absolute atomic E-state index is 0.0438. The highest BCUT2D eigenvalue weighted by atomic mass is 79.9. The summed E-state index contributed by atoms with van der Waals surface area (Å²) in [6.45, 7) is 2.91. The van der Waals surface area contributed by atoms with Crippen LogP contribution in [0.5, 0.6) is 0 Å². The molecule has 1 aliphatic heterocycles. The van der Waals surface area contributed by atoms with Gasteiger partial charge in [-0.15, -0.1) is 0 Å². The van der Waals surface area contributed by atoms with Crippen molar-refractivity contribution in [2.75, 3.05) is 33.3 Å². The molecule has 0 aromatic heterocycles. The van der Waals surface area contributed by atoms with Crippen molar-refractivity contribution in [3.63, 3.8) is 0 Å². The lowest BCUT2D eigenvalue weighted by molar-refractivity contribution is 0.0103. The van der Waals surface area contributed by atoms with Gasteiger partial charge in [-0.1, -0.05) is 11.6 Å². The summed E-state index contributed by atoms with van der Waals surface area (Å²) < 4.78 is 6.30. The van der Waals surface area contributed by atoms with Crippen LogP contribution in [0.25, 0.3) is 0 Å². The summed E-state index contributed by atoms with van der Waals surface area (Å²) in [5.41, 5.74) is 0.607. The maximum atomic E-state index is 12.3. The van der Waals surface area contributed by atoms with E-state index in [1.54, 1.807) is 30.1 Å². The molecule has 1 aromatic carbocycles. The van der Waals surface area contributed by atoms with Crippen LogP contribution in [0.1, 0.15) is 10.4 Å². The van der Waals surface area contributed by atoms with E-state index in [9.17, 15) is 4.79 Å². The van der Waals surface area contributed by atoms with Gasteiger partial charge in [-0.25, -0.2) is 0 Å². The fourth-order valence-corrected chi connectivity index (χ4v) is 2.85. The summed E-state index contributed by atoms with van der Waals surface area (Å²) in [5, 5.41) is 3.85. The van der Waals surface area contributed by atoms with E-state index in [-0.39, 0.29) is 12.0 Å². The first kappa shape index (κ1) is 14.8. The number of nitrogens with one attached hydrogen (secondary N) is 1. The number of nitrogens with zero attached hydrogens (tertiary/aromatic N) is 1. The number of ether oxygens (including phenoxy) is 1. The van der Waals surface area contributed by atoms with Crippen molar-refractivity contribution >= 4 is 33.4 Å². The highest BCUT2D eigenvalue weighted by Crippen LogP contribution is 2.22. The van der Waals surface area contributed by atoms with Crippen molar-refractivity contribution in [3.8, 4) is 0 Å². The van der Waals surface area contributed by atoms with E-state index in [0.717, 1.165) is 13.1 Å². The van der Waals surface area contributed by atoms with E-state index >= 15 is 0 Å². The second-order valence-corrected chi connectivity index (χ2v) is 5.80. The van der Waals surface area contributed by atoms with Gasteiger partial charge in [0, 0.05) is 36.2 Å². The largest absolute Gasteiger partial charge is 0.374 e. The molecule has 1 unspecified atom stereocenters. The molecule has 104 valence electrons. The van der Waals surface area contributed by atoms with Crippen LogP contribution in [0.2, 0.25) is 5.02 Å². The molecule has 6 heteroatoms. The molecule has 1 N–H and O–H groups in total. The Balaban J connectivity index is 2.01. The molecule has 1 heterocycles. The molecule has 1 amide bonds. The highest BCUT2D eigenvalue weighted by Gasteiger charge is 2.20. The monoisotopic (exact) mass is 346 g/mol. The number of benzene rings is 1. The zero-order valence-corrected chi connectivity index (χ0v) is 13.0. The first-order chi connectivity index (χ1) is 9.08. The van der Waals surface area contributed by atoms with E-state index in [0.29, 0.717) is 28.2 Å². The fraction of sp³-hybridized carbons (Fsp3) is 0.462. The number of amides is 1. The third-order valence-corrected chi connectivity index (χ3v) is 3.88. The number of carbonyl (C=O) groups excluding carboxylic acids is 1. The number of halogens is 2. The van der Waals surface area contributed by atoms with E-state index in [2.05, 4.69) is 21.2 Å². The molecule has 0 bridgehead atoms. The third kappa shape index (κ3) is 3.92. The summed E-state index contributed by atoms with van der Waals surface area (Å²) in [4.78, 5) is 14.0. The van der Waals surface area contributed by atoms with Gasteiger partial charge in [0.25, 0.3) is 5.91 Å². The SMILES string of the molecule is CN(CC1CNCCO1)C(=O)c1ccc(Cl)cc1Br. The quantitative estimate of drug-likeness (QED) is 0.911. The van der Waals surface area contributed by atoms with Gasteiger partial charge in [-0.3, -0.25) is 4.79 Å². The molecule has 1 aromatic rings. The van der Waals surface area contributed by atoms with Gasteiger partial charge in [-0.05, 0) is 34.1 Å². The van der Waals surface area contributed by atoms with Gasteiger partial charge in [-0.2, -0.15) is 0 Å². The van der Waals surface area contributed by atoms with Gasteiger partial charge in [0.2, 0.25) is 0 Å². The van der Waals surface area contributed by atoms with Gasteiger partial charge >= 0.3 is 0 Å². The van der Waals surface area contributed by atoms with Crippen LogP contribution in [0.4, 0.5) is 0 Å². The number of rotatable bonds is 3. The summed E-state index contributed by atoms with van der Waals surface area (Å²) in [6, 6.07) is 5.17. The Morgan fingerprint density at radius 2 is 2.42 bits per heavy atom. The van der Waals surface area contributed by atoms with E-state index in [1.807, 2.05) is 0 Å². The zero-order chi connectivity index (χ0) is 13.8. The first-order valence-electron chi connectivity index (χ1n) is 6.11. The Labute approximate surface area is 126 Å². The maximum Gasteiger partial charge on any atom is 0.254 e. The van der Waals surface area contributed by atoms with Crippen LogP contribution < -0.4 is 5.32 Å². The lowest BCUT2D eigenvalue weighted by atomic mass is 10.2. The molecule has 1 atom stereocenters. The number of morpholine rings is 1. The molecule has 0 aliphatic carbocycles. The number of hydrogen-bond acceptors (Lipinski definition) is 3. The van der Waals surface area contributed by atoms with Crippen LogP contribution in [0.3, 0.4) is 0 Å². The van der Waals surface area contributed by atoms with Crippen molar-refractivity contribution in [2.24, 2.45) is 0 Å². The lowest BCUT2D eigenvalue weighted by Crippen LogP contribution is -2.45. The predicted molar refractivity (Wildman–Crippen MR) is 78.7 cm³/mol. The molecular weight excluding hydrogens is 332 g/mol. The Hall–Kier alpha value is -0.620. The van der Waals surface area contributed by atoms with Crippen LogP contribution >= 0.6 is 27.5 Å². The smallest absolute Gasteiger partial charge is 0.254 e. The molecule has 0 saturated carbocycles. The summed E-state index contributed by atoms with van der Waals surface area (Å²) in [5.74, 6) is -0.0438. The third-order valence-electron chi connectivity index (χ3n) is 2.99.